The van der Waals surface area contributed by atoms with E-state index in [1.165, 1.54) is 6.54 Å². The number of hydrogen-bond donors (Lipinski definition) is 1. The maximum Gasteiger partial charge on any atom is 0.223 e. The minimum absolute atomic E-state index is 0.330. The van der Waals surface area contributed by atoms with E-state index in [2.05, 4.69) is 29.0 Å². The summed E-state index contributed by atoms with van der Waals surface area (Å²) in [5.41, 5.74) is 0. The smallest absolute Gasteiger partial charge is 0.223 e. The number of amides is 1. The molecule has 2 aliphatic heterocycles. The summed E-state index contributed by atoms with van der Waals surface area (Å²) in [6.07, 6.45) is 0.685. The van der Waals surface area contributed by atoms with Gasteiger partial charge in [-0.05, 0) is 5.92 Å². The fourth-order valence-electron chi connectivity index (χ4n) is 3.04. The summed E-state index contributed by atoms with van der Waals surface area (Å²) in [5.74, 6) is 1.08. The van der Waals surface area contributed by atoms with E-state index in [1.54, 1.807) is 0 Å². The van der Waals surface area contributed by atoms with Gasteiger partial charge in [-0.3, -0.25) is 4.79 Å². The Labute approximate surface area is 123 Å². The van der Waals surface area contributed by atoms with Crippen molar-refractivity contribution in [3.63, 3.8) is 0 Å². The Morgan fingerprint density at radius 3 is 2.20 bits per heavy atom. The van der Waals surface area contributed by atoms with E-state index in [9.17, 15) is 4.79 Å². The van der Waals surface area contributed by atoms with Crippen LogP contribution in [0.1, 0.15) is 20.3 Å². The van der Waals surface area contributed by atoms with Crippen molar-refractivity contribution in [2.24, 2.45) is 5.92 Å². The first-order valence-corrected chi connectivity index (χ1v) is 8.08. The van der Waals surface area contributed by atoms with E-state index in [4.69, 9.17) is 0 Å². The van der Waals surface area contributed by atoms with Crippen LogP contribution in [0.25, 0.3) is 0 Å². The highest BCUT2D eigenvalue weighted by atomic mass is 16.2. The average molecular weight is 282 g/mol. The molecule has 2 rings (SSSR count). The summed E-state index contributed by atoms with van der Waals surface area (Å²) in [4.78, 5) is 19.1. The van der Waals surface area contributed by atoms with Crippen molar-refractivity contribution in [2.75, 3.05) is 65.4 Å². The van der Waals surface area contributed by atoms with E-state index in [0.717, 1.165) is 64.8 Å². The van der Waals surface area contributed by atoms with Crippen LogP contribution in [-0.4, -0.2) is 86.1 Å². The topological polar surface area (TPSA) is 38.8 Å². The number of carbonyl (C=O) groups excluding carboxylic acids is 1. The molecule has 0 aliphatic carbocycles. The lowest BCUT2D eigenvalue weighted by molar-refractivity contribution is -0.132. The number of piperazine rings is 2. The SMILES string of the molecule is CC(C)CN1CCN(CCC(=O)N2CCNCC2)CC1. The molecule has 2 saturated heterocycles. The third-order valence-electron chi connectivity index (χ3n) is 4.20. The van der Waals surface area contributed by atoms with Gasteiger partial charge in [0.05, 0.1) is 0 Å². The molecule has 0 unspecified atom stereocenters. The highest BCUT2D eigenvalue weighted by Gasteiger charge is 2.20. The van der Waals surface area contributed by atoms with Gasteiger partial charge in [0.15, 0.2) is 0 Å². The van der Waals surface area contributed by atoms with Gasteiger partial charge >= 0.3 is 0 Å². The highest BCUT2D eigenvalue weighted by Crippen LogP contribution is 2.06. The first-order valence-electron chi connectivity index (χ1n) is 8.08. The van der Waals surface area contributed by atoms with Gasteiger partial charge in [-0.1, -0.05) is 13.8 Å². The van der Waals surface area contributed by atoms with Crippen molar-refractivity contribution < 1.29 is 4.79 Å². The van der Waals surface area contributed by atoms with Crippen molar-refractivity contribution >= 4 is 5.91 Å². The molecule has 1 N–H and O–H groups in total. The monoisotopic (exact) mass is 282 g/mol. The highest BCUT2D eigenvalue weighted by molar-refractivity contribution is 5.76. The molecular formula is C15H30N4O. The van der Waals surface area contributed by atoms with Crippen LogP contribution in [0.5, 0.6) is 0 Å². The van der Waals surface area contributed by atoms with Gasteiger partial charge in [0.25, 0.3) is 0 Å². The van der Waals surface area contributed by atoms with Gasteiger partial charge in [-0.15, -0.1) is 0 Å². The van der Waals surface area contributed by atoms with Crippen LogP contribution in [-0.2, 0) is 4.79 Å². The minimum Gasteiger partial charge on any atom is -0.340 e. The van der Waals surface area contributed by atoms with Crippen molar-refractivity contribution in [2.45, 2.75) is 20.3 Å². The quantitative estimate of drug-likeness (QED) is 0.775. The molecule has 20 heavy (non-hydrogen) atoms. The molecule has 0 aromatic carbocycles. The molecule has 2 fully saturated rings. The third kappa shape index (κ3) is 5.04. The Hall–Kier alpha value is -0.650. The Balaban J connectivity index is 1.61. The fraction of sp³-hybridized carbons (Fsp3) is 0.933. The Morgan fingerprint density at radius 2 is 1.60 bits per heavy atom. The Bertz CT molecular complexity index is 294. The van der Waals surface area contributed by atoms with Crippen LogP contribution >= 0.6 is 0 Å². The summed E-state index contributed by atoms with van der Waals surface area (Å²) >= 11 is 0. The first kappa shape index (κ1) is 15.7. The van der Waals surface area contributed by atoms with Crippen molar-refractivity contribution in [3.05, 3.63) is 0 Å². The number of nitrogens with one attached hydrogen (secondary N) is 1. The van der Waals surface area contributed by atoms with E-state index in [-0.39, 0.29) is 0 Å². The van der Waals surface area contributed by atoms with E-state index < -0.39 is 0 Å². The molecule has 116 valence electrons. The van der Waals surface area contributed by atoms with Gasteiger partial charge in [-0.25, -0.2) is 0 Å². The van der Waals surface area contributed by atoms with E-state index in [1.807, 2.05) is 4.90 Å². The van der Waals surface area contributed by atoms with Crippen molar-refractivity contribution in [3.8, 4) is 0 Å². The van der Waals surface area contributed by atoms with Crippen LogP contribution < -0.4 is 5.32 Å². The standard InChI is InChI=1S/C15H30N4O/c1-14(2)13-18-11-9-17(10-12-18)6-3-15(20)19-7-4-16-5-8-19/h14,16H,3-13H2,1-2H3. The number of rotatable bonds is 5. The zero-order valence-electron chi connectivity index (χ0n) is 13.1. The average Bonchev–Trinajstić information content (AvgIpc) is 2.46. The number of hydrogen-bond acceptors (Lipinski definition) is 4. The lowest BCUT2D eigenvalue weighted by Gasteiger charge is -2.36. The molecule has 0 spiro atoms. The van der Waals surface area contributed by atoms with Crippen LogP contribution in [0.15, 0.2) is 0 Å². The molecule has 2 aliphatic rings. The number of carbonyl (C=O) groups is 1. The van der Waals surface area contributed by atoms with Gasteiger partial charge in [0.1, 0.15) is 0 Å². The minimum atomic E-state index is 0.330. The second-order valence-electron chi connectivity index (χ2n) is 6.42. The van der Waals surface area contributed by atoms with Crippen molar-refractivity contribution in [1.82, 2.24) is 20.0 Å². The van der Waals surface area contributed by atoms with Crippen molar-refractivity contribution in [1.29, 1.82) is 0 Å². The normalized spacial score (nSPS) is 22.4. The first-order chi connectivity index (χ1) is 9.65. The van der Waals surface area contributed by atoms with E-state index in [0.29, 0.717) is 12.3 Å². The second-order valence-corrected chi connectivity index (χ2v) is 6.42. The summed E-state index contributed by atoms with van der Waals surface area (Å²) < 4.78 is 0. The molecule has 0 atom stereocenters. The molecule has 2 heterocycles. The zero-order chi connectivity index (χ0) is 14.4. The predicted molar refractivity (Wildman–Crippen MR) is 81.8 cm³/mol. The lowest BCUT2D eigenvalue weighted by atomic mass is 10.2. The predicted octanol–water partition coefficient (Wildman–Crippen LogP) is 0.0819. The molecule has 1 amide bonds. The molecule has 5 heteroatoms. The van der Waals surface area contributed by atoms with Gasteiger partial charge < -0.3 is 20.0 Å². The maximum absolute atomic E-state index is 12.1. The van der Waals surface area contributed by atoms with Gasteiger partial charge in [0, 0.05) is 71.9 Å². The summed E-state index contributed by atoms with van der Waals surface area (Å²) in [6.45, 7) is 14.9. The van der Waals surface area contributed by atoms with Crippen LogP contribution in [0.2, 0.25) is 0 Å². The molecule has 0 radical (unpaired) electrons. The summed E-state index contributed by atoms with van der Waals surface area (Å²) in [7, 11) is 0. The van der Waals surface area contributed by atoms with Crippen LogP contribution in [0, 0.1) is 5.92 Å². The zero-order valence-corrected chi connectivity index (χ0v) is 13.1. The van der Waals surface area contributed by atoms with Gasteiger partial charge in [-0.2, -0.15) is 0 Å². The fourth-order valence-corrected chi connectivity index (χ4v) is 3.04. The molecular weight excluding hydrogens is 252 g/mol. The molecule has 0 saturated carbocycles. The third-order valence-corrected chi connectivity index (χ3v) is 4.20. The Kier molecular flexibility index (Phi) is 6.26. The molecule has 0 aromatic heterocycles. The lowest BCUT2D eigenvalue weighted by Crippen LogP contribution is -2.49. The summed E-state index contributed by atoms with van der Waals surface area (Å²) in [6, 6.07) is 0. The molecule has 0 bridgehead atoms. The second kappa shape index (κ2) is 7.96. The van der Waals surface area contributed by atoms with Crippen LogP contribution in [0.3, 0.4) is 0 Å². The number of nitrogens with zero attached hydrogens (tertiary/aromatic N) is 3. The van der Waals surface area contributed by atoms with Gasteiger partial charge in [0.2, 0.25) is 5.91 Å². The largest absolute Gasteiger partial charge is 0.340 e. The van der Waals surface area contributed by atoms with Crippen LogP contribution in [0.4, 0.5) is 0 Å². The maximum atomic E-state index is 12.1. The Morgan fingerprint density at radius 1 is 1.00 bits per heavy atom. The molecule has 0 aromatic rings. The summed E-state index contributed by atoms with van der Waals surface area (Å²) in [5, 5.41) is 3.29. The molecule has 5 nitrogen and oxygen atoms in total. The van der Waals surface area contributed by atoms with E-state index >= 15 is 0 Å².